The summed E-state index contributed by atoms with van der Waals surface area (Å²) in [6.45, 7) is 5.93. The Morgan fingerprint density at radius 1 is 1.56 bits per heavy atom. The van der Waals surface area contributed by atoms with Gasteiger partial charge in [0.05, 0.1) is 12.7 Å². The van der Waals surface area contributed by atoms with Gasteiger partial charge in [-0.2, -0.15) is 0 Å². The third-order valence-corrected chi connectivity index (χ3v) is 2.93. The van der Waals surface area contributed by atoms with E-state index < -0.39 is 0 Å². The molecule has 1 unspecified atom stereocenters. The Bertz CT molecular complexity index is 373. The molecule has 6 nitrogen and oxygen atoms in total. The van der Waals surface area contributed by atoms with Crippen molar-refractivity contribution >= 4 is 11.6 Å². The van der Waals surface area contributed by atoms with E-state index in [1.54, 1.807) is 6.33 Å². The minimum Gasteiger partial charge on any atom is -0.373 e. The SMILES string of the molecule is CCCNc1cc(N2CCOC(CN)C2)ncn1. The molecule has 2 rings (SSSR count). The van der Waals surface area contributed by atoms with Crippen molar-refractivity contribution < 1.29 is 4.74 Å². The molecule has 1 aliphatic rings. The van der Waals surface area contributed by atoms with Gasteiger partial charge in [0.25, 0.3) is 0 Å². The second-order valence-corrected chi connectivity index (χ2v) is 4.36. The quantitative estimate of drug-likeness (QED) is 0.792. The van der Waals surface area contributed by atoms with Gasteiger partial charge < -0.3 is 20.7 Å². The minimum atomic E-state index is 0.0979. The lowest BCUT2D eigenvalue weighted by Crippen LogP contribution is -2.46. The molecule has 1 aromatic heterocycles. The van der Waals surface area contributed by atoms with Crippen LogP contribution in [0.5, 0.6) is 0 Å². The Kier molecular flexibility index (Phi) is 4.72. The third-order valence-electron chi connectivity index (χ3n) is 2.93. The normalized spacial score (nSPS) is 19.9. The van der Waals surface area contributed by atoms with Gasteiger partial charge in [0.1, 0.15) is 18.0 Å². The topological polar surface area (TPSA) is 76.3 Å². The van der Waals surface area contributed by atoms with E-state index in [9.17, 15) is 0 Å². The van der Waals surface area contributed by atoms with Gasteiger partial charge >= 0.3 is 0 Å². The van der Waals surface area contributed by atoms with Crippen LogP contribution in [0.15, 0.2) is 12.4 Å². The second kappa shape index (κ2) is 6.51. The molecule has 0 aliphatic carbocycles. The highest BCUT2D eigenvalue weighted by Crippen LogP contribution is 2.17. The van der Waals surface area contributed by atoms with Crippen molar-refractivity contribution in [3.8, 4) is 0 Å². The average molecular weight is 251 g/mol. The molecule has 0 radical (unpaired) electrons. The molecule has 1 saturated heterocycles. The lowest BCUT2D eigenvalue weighted by Gasteiger charge is -2.33. The maximum absolute atomic E-state index is 5.64. The van der Waals surface area contributed by atoms with Crippen LogP contribution < -0.4 is 16.0 Å². The summed E-state index contributed by atoms with van der Waals surface area (Å²) < 4.78 is 5.55. The molecule has 1 fully saturated rings. The van der Waals surface area contributed by atoms with Crippen molar-refractivity contribution in [3.05, 3.63) is 12.4 Å². The van der Waals surface area contributed by atoms with Crippen LogP contribution in [0.1, 0.15) is 13.3 Å². The first kappa shape index (κ1) is 13.0. The Balaban J connectivity index is 2.02. The fourth-order valence-electron chi connectivity index (χ4n) is 1.94. The number of ether oxygens (including phenoxy) is 1. The van der Waals surface area contributed by atoms with Gasteiger partial charge in [-0.1, -0.05) is 6.92 Å². The zero-order valence-corrected chi connectivity index (χ0v) is 10.8. The molecule has 18 heavy (non-hydrogen) atoms. The lowest BCUT2D eigenvalue weighted by atomic mass is 10.2. The molecule has 0 saturated carbocycles. The first-order valence-corrected chi connectivity index (χ1v) is 6.46. The predicted octanol–water partition coefficient (Wildman–Crippen LogP) is 0.462. The molecular weight excluding hydrogens is 230 g/mol. The van der Waals surface area contributed by atoms with Crippen molar-refractivity contribution in [2.75, 3.05) is 43.0 Å². The van der Waals surface area contributed by atoms with Gasteiger partial charge in [-0.15, -0.1) is 0 Å². The van der Waals surface area contributed by atoms with Gasteiger partial charge in [-0.3, -0.25) is 0 Å². The minimum absolute atomic E-state index is 0.0979. The van der Waals surface area contributed by atoms with Crippen molar-refractivity contribution in [3.63, 3.8) is 0 Å². The Morgan fingerprint density at radius 3 is 3.22 bits per heavy atom. The Morgan fingerprint density at radius 2 is 2.44 bits per heavy atom. The summed E-state index contributed by atoms with van der Waals surface area (Å²) >= 11 is 0. The Labute approximate surface area is 108 Å². The summed E-state index contributed by atoms with van der Waals surface area (Å²) in [6.07, 6.45) is 2.77. The molecule has 0 bridgehead atoms. The molecule has 100 valence electrons. The summed E-state index contributed by atoms with van der Waals surface area (Å²) in [7, 11) is 0. The molecule has 1 aromatic rings. The van der Waals surface area contributed by atoms with Crippen LogP contribution in [0.2, 0.25) is 0 Å². The van der Waals surface area contributed by atoms with E-state index in [0.29, 0.717) is 13.2 Å². The number of nitrogens with two attached hydrogens (primary N) is 1. The van der Waals surface area contributed by atoms with E-state index in [1.165, 1.54) is 0 Å². The number of hydrogen-bond acceptors (Lipinski definition) is 6. The van der Waals surface area contributed by atoms with E-state index in [-0.39, 0.29) is 6.10 Å². The first-order chi connectivity index (χ1) is 8.83. The van der Waals surface area contributed by atoms with Crippen LogP contribution in [-0.4, -0.2) is 48.9 Å². The number of nitrogens with one attached hydrogen (secondary N) is 1. The van der Waals surface area contributed by atoms with E-state index in [2.05, 4.69) is 27.1 Å². The number of aromatic nitrogens is 2. The number of rotatable bonds is 5. The standard InChI is InChI=1S/C12H21N5O/c1-2-3-14-11-6-12(16-9-15-11)17-4-5-18-10(7-13)8-17/h6,9-10H,2-5,7-8,13H2,1H3,(H,14,15,16). The average Bonchev–Trinajstić information content (AvgIpc) is 2.45. The van der Waals surface area contributed by atoms with Gasteiger partial charge in [0.2, 0.25) is 0 Å². The largest absolute Gasteiger partial charge is 0.373 e. The zero-order chi connectivity index (χ0) is 12.8. The fraction of sp³-hybridized carbons (Fsp3) is 0.667. The van der Waals surface area contributed by atoms with E-state index in [1.807, 2.05) is 6.07 Å². The molecule has 1 aliphatic heterocycles. The number of nitrogens with zero attached hydrogens (tertiary/aromatic N) is 3. The maximum Gasteiger partial charge on any atom is 0.134 e. The fourth-order valence-corrected chi connectivity index (χ4v) is 1.94. The molecule has 6 heteroatoms. The van der Waals surface area contributed by atoms with Gasteiger partial charge in [0, 0.05) is 32.2 Å². The summed E-state index contributed by atoms with van der Waals surface area (Å²) in [5.74, 6) is 1.81. The van der Waals surface area contributed by atoms with E-state index in [0.717, 1.165) is 37.7 Å². The van der Waals surface area contributed by atoms with Crippen LogP contribution in [0.3, 0.4) is 0 Å². The van der Waals surface area contributed by atoms with Gasteiger partial charge in [0.15, 0.2) is 0 Å². The molecule has 2 heterocycles. The first-order valence-electron chi connectivity index (χ1n) is 6.46. The van der Waals surface area contributed by atoms with Crippen LogP contribution >= 0.6 is 0 Å². The zero-order valence-electron chi connectivity index (χ0n) is 10.8. The summed E-state index contributed by atoms with van der Waals surface area (Å²) in [6, 6.07) is 1.98. The van der Waals surface area contributed by atoms with Crippen LogP contribution in [0, 0.1) is 0 Å². The maximum atomic E-state index is 5.64. The lowest BCUT2D eigenvalue weighted by molar-refractivity contribution is 0.0463. The highest BCUT2D eigenvalue weighted by atomic mass is 16.5. The number of anilines is 2. The predicted molar refractivity (Wildman–Crippen MR) is 71.8 cm³/mol. The number of hydrogen-bond donors (Lipinski definition) is 2. The molecule has 3 N–H and O–H groups in total. The van der Waals surface area contributed by atoms with Crippen LogP contribution in [-0.2, 0) is 4.74 Å². The van der Waals surface area contributed by atoms with Crippen molar-refractivity contribution in [1.82, 2.24) is 9.97 Å². The molecule has 0 aromatic carbocycles. The summed E-state index contributed by atoms with van der Waals surface area (Å²) in [5, 5.41) is 3.27. The monoisotopic (exact) mass is 251 g/mol. The second-order valence-electron chi connectivity index (χ2n) is 4.36. The molecule has 0 spiro atoms. The summed E-state index contributed by atoms with van der Waals surface area (Å²) in [5.41, 5.74) is 5.64. The highest BCUT2D eigenvalue weighted by Gasteiger charge is 2.20. The summed E-state index contributed by atoms with van der Waals surface area (Å²) in [4.78, 5) is 10.7. The van der Waals surface area contributed by atoms with Crippen LogP contribution in [0.25, 0.3) is 0 Å². The molecular formula is C12H21N5O. The number of morpholine rings is 1. The van der Waals surface area contributed by atoms with E-state index >= 15 is 0 Å². The third kappa shape index (κ3) is 3.30. The Hall–Kier alpha value is -1.40. The van der Waals surface area contributed by atoms with E-state index in [4.69, 9.17) is 10.5 Å². The van der Waals surface area contributed by atoms with Crippen molar-refractivity contribution in [2.24, 2.45) is 5.73 Å². The van der Waals surface area contributed by atoms with Crippen LogP contribution in [0.4, 0.5) is 11.6 Å². The van der Waals surface area contributed by atoms with Gasteiger partial charge in [-0.25, -0.2) is 9.97 Å². The van der Waals surface area contributed by atoms with Crippen molar-refractivity contribution in [1.29, 1.82) is 0 Å². The smallest absolute Gasteiger partial charge is 0.134 e. The van der Waals surface area contributed by atoms with Crippen molar-refractivity contribution in [2.45, 2.75) is 19.4 Å². The molecule has 1 atom stereocenters. The molecule has 0 amide bonds. The van der Waals surface area contributed by atoms with Gasteiger partial charge in [-0.05, 0) is 6.42 Å². The highest BCUT2D eigenvalue weighted by molar-refractivity contribution is 5.48.